The Hall–Kier alpha value is -0.300. The second-order valence-electron chi connectivity index (χ2n) is 2.92. The molecule has 1 saturated heterocycles. The van der Waals surface area contributed by atoms with Crippen LogP contribution in [0.25, 0.3) is 0 Å². The summed E-state index contributed by atoms with van der Waals surface area (Å²) >= 11 is 0. The van der Waals surface area contributed by atoms with Gasteiger partial charge in [-0.3, -0.25) is 0 Å². The van der Waals surface area contributed by atoms with E-state index >= 15 is 0 Å². The van der Waals surface area contributed by atoms with Crippen LogP contribution in [-0.2, 0) is 4.74 Å². The van der Waals surface area contributed by atoms with Crippen molar-refractivity contribution in [2.45, 2.75) is 31.8 Å². The highest BCUT2D eigenvalue weighted by Gasteiger charge is 2.37. The molecule has 0 N–H and O–H groups in total. The van der Waals surface area contributed by atoms with Gasteiger partial charge in [0.15, 0.2) is 0 Å². The lowest BCUT2D eigenvalue weighted by molar-refractivity contribution is 0.305. The minimum absolute atomic E-state index is 0.253. The molecule has 0 aromatic heterocycles. The maximum atomic E-state index is 5.21. The Bertz CT molecular complexity index is 103. The summed E-state index contributed by atoms with van der Waals surface area (Å²) in [5.41, 5.74) is 0.253. The van der Waals surface area contributed by atoms with E-state index in [0.29, 0.717) is 0 Å². The van der Waals surface area contributed by atoms with Crippen LogP contribution in [0.3, 0.4) is 0 Å². The first-order chi connectivity index (χ1) is 4.27. The standard InChI is InChI=1S/C8H14O/c1-3-4-5-6-8(2)7-9-8/h3H,1,4-7H2,2H3/t8-/m1/s1. The molecule has 9 heavy (non-hydrogen) atoms. The predicted octanol–water partition coefficient (Wildman–Crippen LogP) is 2.13. The van der Waals surface area contributed by atoms with Crippen LogP contribution in [0.1, 0.15) is 26.2 Å². The molecule has 0 saturated carbocycles. The summed E-state index contributed by atoms with van der Waals surface area (Å²) in [5.74, 6) is 0. The lowest BCUT2D eigenvalue weighted by Crippen LogP contribution is -2.02. The molecule has 0 bridgehead atoms. The molecular weight excluding hydrogens is 112 g/mol. The van der Waals surface area contributed by atoms with E-state index in [1.165, 1.54) is 12.8 Å². The summed E-state index contributed by atoms with van der Waals surface area (Å²) in [6.45, 7) is 6.79. The molecule has 0 amide bonds. The van der Waals surface area contributed by atoms with Gasteiger partial charge in [-0.1, -0.05) is 6.08 Å². The summed E-state index contributed by atoms with van der Waals surface area (Å²) in [7, 11) is 0. The molecule has 0 aromatic carbocycles. The molecule has 52 valence electrons. The van der Waals surface area contributed by atoms with E-state index < -0.39 is 0 Å². The highest BCUT2D eigenvalue weighted by atomic mass is 16.6. The van der Waals surface area contributed by atoms with Crippen molar-refractivity contribution in [1.82, 2.24) is 0 Å². The van der Waals surface area contributed by atoms with E-state index in [-0.39, 0.29) is 5.60 Å². The van der Waals surface area contributed by atoms with Gasteiger partial charge in [0, 0.05) is 0 Å². The van der Waals surface area contributed by atoms with Gasteiger partial charge in [0.2, 0.25) is 0 Å². The van der Waals surface area contributed by atoms with Crippen molar-refractivity contribution >= 4 is 0 Å². The molecule has 0 aliphatic carbocycles. The molecule has 1 nitrogen and oxygen atoms in total. The van der Waals surface area contributed by atoms with Gasteiger partial charge >= 0.3 is 0 Å². The second-order valence-corrected chi connectivity index (χ2v) is 2.92. The number of hydrogen-bond acceptors (Lipinski definition) is 1. The normalized spacial score (nSPS) is 32.1. The molecule has 1 fully saturated rings. The van der Waals surface area contributed by atoms with Crippen LogP contribution >= 0.6 is 0 Å². The minimum atomic E-state index is 0.253. The molecule has 1 aliphatic rings. The third kappa shape index (κ3) is 2.19. The maximum Gasteiger partial charge on any atom is 0.0888 e. The van der Waals surface area contributed by atoms with Crippen LogP contribution in [0.4, 0.5) is 0 Å². The molecule has 1 heteroatoms. The first-order valence-electron chi connectivity index (χ1n) is 3.52. The highest BCUT2D eigenvalue weighted by Crippen LogP contribution is 2.31. The fourth-order valence-corrected chi connectivity index (χ4v) is 0.888. The average Bonchev–Trinajstić information content (AvgIpc) is 2.50. The molecule has 0 radical (unpaired) electrons. The van der Waals surface area contributed by atoms with E-state index in [4.69, 9.17) is 4.74 Å². The Kier molecular flexibility index (Phi) is 1.91. The van der Waals surface area contributed by atoms with Crippen molar-refractivity contribution in [1.29, 1.82) is 0 Å². The summed E-state index contributed by atoms with van der Waals surface area (Å²) in [5, 5.41) is 0. The van der Waals surface area contributed by atoms with E-state index in [0.717, 1.165) is 13.0 Å². The van der Waals surface area contributed by atoms with E-state index in [2.05, 4.69) is 13.5 Å². The predicted molar refractivity (Wildman–Crippen MR) is 38.4 cm³/mol. The van der Waals surface area contributed by atoms with Crippen LogP contribution in [0, 0.1) is 0 Å². The van der Waals surface area contributed by atoms with Gasteiger partial charge in [-0.05, 0) is 26.2 Å². The smallest absolute Gasteiger partial charge is 0.0888 e. The fraction of sp³-hybridized carbons (Fsp3) is 0.750. The monoisotopic (exact) mass is 126 g/mol. The van der Waals surface area contributed by atoms with Crippen molar-refractivity contribution in [2.75, 3.05) is 6.61 Å². The molecule has 0 unspecified atom stereocenters. The number of epoxide rings is 1. The zero-order valence-electron chi connectivity index (χ0n) is 6.02. The Morgan fingerprint density at radius 1 is 1.78 bits per heavy atom. The Balaban J connectivity index is 1.98. The van der Waals surface area contributed by atoms with Crippen molar-refractivity contribution in [3.8, 4) is 0 Å². The van der Waals surface area contributed by atoms with E-state index in [9.17, 15) is 0 Å². The van der Waals surface area contributed by atoms with Gasteiger partial charge in [0.05, 0.1) is 12.2 Å². The van der Waals surface area contributed by atoms with Gasteiger partial charge in [0.1, 0.15) is 0 Å². The van der Waals surface area contributed by atoms with Crippen molar-refractivity contribution < 1.29 is 4.74 Å². The average molecular weight is 126 g/mol. The third-order valence-corrected chi connectivity index (χ3v) is 1.75. The highest BCUT2D eigenvalue weighted by molar-refractivity contribution is 4.87. The van der Waals surface area contributed by atoms with Crippen molar-refractivity contribution in [3.63, 3.8) is 0 Å². The zero-order chi connectivity index (χ0) is 6.74. The Morgan fingerprint density at radius 3 is 2.89 bits per heavy atom. The molecule has 1 atom stereocenters. The quantitative estimate of drug-likeness (QED) is 0.319. The van der Waals surface area contributed by atoms with Gasteiger partial charge in [0.25, 0.3) is 0 Å². The lowest BCUT2D eigenvalue weighted by atomic mass is 10.1. The fourth-order valence-electron chi connectivity index (χ4n) is 0.888. The van der Waals surface area contributed by atoms with Crippen LogP contribution in [0.2, 0.25) is 0 Å². The Morgan fingerprint density at radius 2 is 2.44 bits per heavy atom. The van der Waals surface area contributed by atoms with Gasteiger partial charge in [-0.25, -0.2) is 0 Å². The lowest BCUT2D eigenvalue weighted by Gasteiger charge is -2.00. The first kappa shape index (κ1) is 6.81. The van der Waals surface area contributed by atoms with Gasteiger partial charge in [-0.2, -0.15) is 0 Å². The zero-order valence-corrected chi connectivity index (χ0v) is 6.02. The van der Waals surface area contributed by atoms with Crippen molar-refractivity contribution in [2.24, 2.45) is 0 Å². The second kappa shape index (κ2) is 2.53. The molecule has 1 aliphatic heterocycles. The van der Waals surface area contributed by atoms with Crippen LogP contribution in [0.5, 0.6) is 0 Å². The molecule has 1 heterocycles. The maximum absolute atomic E-state index is 5.21. The largest absolute Gasteiger partial charge is 0.370 e. The summed E-state index contributed by atoms with van der Waals surface area (Å²) in [6, 6.07) is 0. The topological polar surface area (TPSA) is 12.5 Å². The van der Waals surface area contributed by atoms with Gasteiger partial charge in [-0.15, -0.1) is 6.58 Å². The molecule has 0 spiro atoms. The third-order valence-electron chi connectivity index (χ3n) is 1.75. The van der Waals surface area contributed by atoms with E-state index in [1.54, 1.807) is 0 Å². The minimum Gasteiger partial charge on any atom is -0.370 e. The molecule has 0 aromatic rings. The Labute approximate surface area is 56.7 Å². The number of rotatable bonds is 4. The van der Waals surface area contributed by atoms with Crippen LogP contribution in [0.15, 0.2) is 12.7 Å². The molecular formula is C8H14O. The summed E-state index contributed by atoms with van der Waals surface area (Å²) in [6.07, 6.45) is 5.50. The number of allylic oxidation sites excluding steroid dienone is 1. The van der Waals surface area contributed by atoms with Crippen LogP contribution in [-0.4, -0.2) is 12.2 Å². The number of hydrogen-bond donors (Lipinski definition) is 0. The van der Waals surface area contributed by atoms with Crippen LogP contribution < -0.4 is 0 Å². The first-order valence-corrected chi connectivity index (χ1v) is 3.52. The van der Waals surface area contributed by atoms with E-state index in [1.807, 2.05) is 6.08 Å². The summed E-state index contributed by atoms with van der Waals surface area (Å²) in [4.78, 5) is 0. The number of unbranched alkanes of at least 4 members (excludes halogenated alkanes) is 1. The molecule has 1 rings (SSSR count). The summed E-state index contributed by atoms with van der Waals surface area (Å²) < 4.78 is 5.21. The van der Waals surface area contributed by atoms with Gasteiger partial charge < -0.3 is 4.74 Å². The SMILES string of the molecule is C=CCCC[C@]1(C)CO1. The number of ether oxygens (including phenoxy) is 1. The van der Waals surface area contributed by atoms with Crippen molar-refractivity contribution in [3.05, 3.63) is 12.7 Å².